The van der Waals surface area contributed by atoms with Crippen molar-refractivity contribution >= 4 is 11.8 Å². The summed E-state index contributed by atoms with van der Waals surface area (Å²) in [4.78, 5) is 30.8. The Balaban J connectivity index is 1.69. The van der Waals surface area contributed by atoms with Crippen molar-refractivity contribution < 1.29 is 14.3 Å². The molecule has 0 N–H and O–H groups in total. The summed E-state index contributed by atoms with van der Waals surface area (Å²) < 4.78 is 6.76. The summed E-state index contributed by atoms with van der Waals surface area (Å²) in [6.45, 7) is 2.20. The first kappa shape index (κ1) is 20.0. The highest BCUT2D eigenvalue weighted by atomic mass is 16.5. The van der Waals surface area contributed by atoms with Crippen LogP contribution in [0.1, 0.15) is 5.56 Å². The van der Waals surface area contributed by atoms with Crippen LogP contribution in [-0.4, -0.2) is 89.8 Å². The SMILES string of the molecule is COCC(=O)N1CCN(C)CC1C(=O)N(C)Cc1cnn(-c2ccccc2)c1. The molecular formula is C20H27N5O3. The fourth-order valence-electron chi connectivity index (χ4n) is 3.41. The monoisotopic (exact) mass is 385 g/mol. The molecule has 2 heterocycles. The minimum Gasteiger partial charge on any atom is -0.375 e. The average molecular weight is 385 g/mol. The van der Waals surface area contributed by atoms with Crippen LogP contribution in [0.5, 0.6) is 0 Å². The number of hydrogen-bond donors (Lipinski definition) is 0. The third-order valence-electron chi connectivity index (χ3n) is 4.91. The van der Waals surface area contributed by atoms with E-state index in [0.717, 1.165) is 17.8 Å². The van der Waals surface area contributed by atoms with Gasteiger partial charge in [-0.1, -0.05) is 18.2 Å². The van der Waals surface area contributed by atoms with Crippen molar-refractivity contribution in [2.24, 2.45) is 0 Å². The van der Waals surface area contributed by atoms with Crippen molar-refractivity contribution in [1.29, 1.82) is 0 Å². The van der Waals surface area contributed by atoms with Crippen molar-refractivity contribution in [3.63, 3.8) is 0 Å². The Kier molecular flexibility index (Phi) is 6.43. The van der Waals surface area contributed by atoms with Crippen LogP contribution in [0.4, 0.5) is 0 Å². The Labute approximate surface area is 165 Å². The van der Waals surface area contributed by atoms with Crippen molar-refractivity contribution in [3.8, 4) is 5.69 Å². The highest BCUT2D eigenvalue weighted by Crippen LogP contribution is 2.14. The topological polar surface area (TPSA) is 70.9 Å². The molecule has 1 aromatic heterocycles. The summed E-state index contributed by atoms with van der Waals surface area (Å²) in [7, 11) is 5.21. The van der Waals surface area contributed by atoms with Gasteiger partial charge >= 0.3 is 0 Å². The highest BCUT2D eigenvalue weighted by molar-refractivity contribution is 5.88. The van der Waals surface area contributed by atoms with E-state index < -0.39 is 6.04 Å². The van der Waals surface area contributed by atoms with E-state index in [4.69, 9.17) is 4.74 Å². The van der Waals surface area contributed by atoms with E-state index >= 15 is 0 Å². The van der Waals surface area contributed by atoms with Gasteiger partial charge in [0, 0.05) is 52.1 Å². The Morgan fingerprint density at radius 2 is 2.00 bits per heavy atom. The highest BCUT2D eigenvalue weighted by Gasteiger charge is 2.35. The van der Waals surface area contributed by atoms with E-state index in [9.17, 15) is 9.59 Å². The van der Waals surface area contributed by atoms with E-state index in [-0.39, 0.29) is 18.4 Å². The Hall–Kier alpha value is -2.71. The van der Waals surface area contributed by atoms with Crippen LogP contribution in [0.25, 0.3) is 5.69 Å². The molecule has 1 atom stereocenters. The second kappa shape index (κ2) is 8.99. The Morgan fingerprint density at radius 1 is 1.25 bits per heavy atom. The molecule has 8 nitrogen and oxygen atoms in total. The summed E-state index contributed by atoms with van der Waals surface area (Å²) in [6, 6.07) is 9.31. The van der Waals surface area contributed by atoms with Gasteiger partial charge in [0.2, 0.25) is 11.8 Å². The van der Waals surface area contributed by atoms with E-state index in [0.29, 0.717) is 19.6 Å². The third kappa shape index (κ3) is 4.58. The number of piperazine rings is 1. The number of methoxy groups -OCH3 is 1. The van der Waals surface area contributed by atoms with Gasteiger partial charge in [0.1, 0.15) is 12.6 Å². The lowest BCUT2D eigenvalue weighted by Crippen LogP contribution is -2.60. The van der Waals surface area contributed by atoms with Gasteiger partial charge in [0.15, 0.2) is 0 Å². The van der Waals surface area contributed by atoms with Gasteiger partial charge in [0.25, 0.3) is 0 Å². The fraction of sp³-hybridized carbons (Fsp3) is 0.450. The molecule has 150 valence electrons. The second-order valence-electron chi connectivity index (χ2n) is 7.12. The van der Waals surface area contributed by atoms with Crippen LogP contribution in [0, 0.1) is 0 Å². The molecule has 0 aliphatic carbocycles. The molecule has 0 radical (unpaired) electrons. The van der Waals surface area contributed by atoms with Crippen LogP contribution in [0.2, 0.25) is 0 Å². The van der Waals surface area contributed by atoms with Gasteiger partial charge in [0.05, 0.1) is 11.9 Å². The van der Waals surface area contributed by atoms with Crippen molar-refractivity contribution in [3.05, 3.63) is 48.3 Å². The molecular weight excluding hydrogens is 358 g/mol. The minimum atomic E-state index is -0.504. The predicted molar refractivity (Wildman–Crippen MR) is 105 cm³/mol. The maximum atomic E-state index is 13.1. The zero-order valence-corrected chi connectivity index (χ0v) is 16.6. The van der Waals surface area contributed by atoms with Gasteiger partial charge in [-0.15, -0.1) is 0 Å². The number of ether oxygens (including phenoxy) is 1. The number of para-hydroxylation sites is 1. The lowest BCUT2D eigenvalue weighted by Gasteiger charge is -2.40. The summed E-state index contributed by atoms with van der Waals surface area (Å²) in [5, 5.41) is 4.38. The van der Waals surface area contributed by atoms with Gasteiger partial charge in [-0.3, -0.25) is 9.59 Å². The van der Waals surface area contributed by atoms with Crippen LogP contribution < -0.4 is 0 Å². The van der Waals surface area contributed by atoms with Gasteiger partial charge in [-0.05, 0) is 19.2 Å². The van der Waals surface area contributed by atoms with Crippen molar-refractivity contribution in [2.45, 2.75) is 12.6 Å². The summed E-state index contributed by atoms with van der Waals surface area (Å²) in [5.74, 6) is -0.234. The zero-order chi connectivity index (χ0) is 20.1. The normalized spacial score (nSPS) is 17.5. The van der Waals surface area contributed by atoms with Crippen molar-refractivity contribution in [1.82, 2.24) is 24.5 Å². The molecule has 0 spiro atoms. The molecule has 0 bridgehead atoms. The first-order valence-electron chi connectivity index (χ1n) is 9.30. The molecule has 1 aromatic carbocycles. The van der Waals surface area contributed by atoms with Crippen LogP contribution >= 0.6 is 0 Å². The van der Waals surface area contributed by atoms with Gasteiger partial charge < -0.3 is 19.4 Å². The summed E-state index contributed by atoms with van der Waals surface area (Å²) in [5.41, 5.74) is 1.90. The molecule has 1 saturated heterocycles. The summed E-state index contributed by atoms with van der Waals surface area (Å²) in [6.07, 6.45) is 3.68. The predicted octanol–water partition coefficient (Wildman–Crippen LogP) is 0.620. The standard InChI is InChI=1S/C20H27N5O3/c1-22-9-10-24(19(26)15-28-3)18(14-22)20(27)23(2)12-16-11-21-25(13-16)17-7-5-4-6-8-17/h4-8,11,13,18H,9-10,12,14-15H2,1-3H3. The molecule has 28 heavy (non-hydrogen) atoms. The second-order valence-corrected chi connectivity index (χ2v) is 7.12. The molecule has 8 heteroatoms. The molecule has 1 aliphatic heterocycles. The number of aromatic nitrogens is 2. The maximum Gasteiger partial charge on any atom is 0.249 e. The molecule has 0 saturated carbocycles. The third-order valence-corrected chi connectivity index (χ3v) is 4.91. The van der Waals surface area contributed by atoms with E-state index in [2.05, 4.69) is 10.00 Å². The Morgan fingerprint density at radius 3 is 2.71 bits per heavy atom. The molecule has 2 aromatic rings. The van der Waals surface area contributed by atoms with E-state index in [1.165, 1.54) is 7.11 Å². The summed E-state index contributed by atoms with van der Waals surface area (Å²) >= 11 is 0. The number of nitrogens with zero attached hydrogens (tertiary/aromatic N) is 5. The molecule has 2 amide bonds. The largest absolute Gasteiger partial charge is 0.375 e. The minimum absolute atomic E-state index is 0.0128. The van der Waals surface area contributed by atoms with Crippen LogP contribution in [-0.2, 0) is 20.9 Å². The van der Waals surface area contributed by atoms with E-state index in [1.54, 1.807) is 27.7 Å². The number of carbonyl (C=O) groups excluding carboxylic acids is 2. The lowest BCUT2D eigenvalue weighted by molar-refractivity contribution is -0.150. The number of benzene rings is 1. The quantitative estimate of drug-likeness (QED) is 0.729. The Bertz CT molecular complexity index is 807. The number of rotatable bonds is 6. The van der Waals surface area contributed by atoms with Gasteiger partial charge in [-0.25, -0.2) is 4.68 Å². The van der Waals surface area contributed by atoms with Crippen LogP contribution in [0.15, 0.2) is 42.7 Å². The molecule has 1 fully saturated rings. The molecule has 1 unspecified atom stereocenters. The average Bonchev–Trinajstić information content (AvgIpc) is 3.16. The molecule has 1 aliphatic rings. The number of hydrogen-bond acceptors (Lipinski definition) is 5. The fourth-order valence-corrected chi connectivity index (χ4v) is 3.41. The van der Waals surface area contributed by atoms with E-state index in [1.807, 2.05) is 43.6 Å². The first-order valence-corrected chi connectivity index (χ1v) is 9.30. The van der Waals surface area contributed by atoms with Crippen molar-refractivity contribution in [2.75, 3.05) is 47.4 Å². The number of likely N-dealkylation sites (N-methyl/N-ethyl adjacent to an activating group) is 2. The number of amides is 2. The smallest absolute Gasteiger partial charge is 0.249 e. The van der Waals surface area contributed by atoms with Gasteiger partial charge in [-0.2, -0.15) is 5.10 Å². The lowest BCUT2D eigenvalue weighted by atomic mass is 10.1. The zero-order valence-electron chi connectivity index (χ0n) is 16.6. The first-order chi connectivity index (χ1) is 13.5. The molecule has 3 rings (SSSR count). The van der Waals surface area contributed by atoms with Crippen LogP contribution in [0.3, 0.4) is 0 Å². The maximum absolute atomic E-state index is 13.1. The number of carbonyl (C=O) groups is 2.